The average molecular weight is 208 g/mol. The van der Waals surface area contributed by atoms with Gasteiger partial charge in [0.05, 0.1) is 5.41 Å². The summed E-state index contributed by atoms with van der Waals surface area (Å²) in [5.41, 5.74) is 0.547. The van der Waals surface area contributed by atoms with Crippen molar-refractivity contribution >= 4 is 5.97 Å². The summed E-state index contributed by atoms with van der Waals surface area (Å²) >= 11 is 0. The van der Waals surface area contributed by atoms with Crippen LogP contribution in [0.15, 0.2) is 23.8 Å². The molecule has 2 heteroatoms. The summed E-state index contributed by atoms with van der Waals surface area (Å²) in [6.45, 7) is 8.18. The normalized spacial score (nSPS) is 25.9. The minimum Gasteiger partial charge on any atom is -0.481 e. The predicted molar refractivity (Wildman–Crippen MR) is 61.6 cm³/mol. The Morgan fingerprint density at radius 2 is 2.00 bits per heavy atom. The van der Waals surface area contributed by atoms with Crippen LogP contribution in [0.4, 0.5) is 0 Å². The third-order valence-corrected chi connectivity index (χ3v) is 3.34. The number of hydrogen-bond acceptors (Lipinski definition) is 1. The zero-order valence-corrected chi connectivity index (χ0v) is 9.95. The minimum atomic E-state index is -0.715. The highest BCUT2D eigenvalue weighted by molar-refractivity contribution is 5.78. The number of hydrogen-bond donors (Lipinski definition) is 1. The molecule has 15 heavy (non-hydrogen) atoms. The smallest absolute Gasteiger partial charge is 0.314 e. The number of carboxylic acid groups (broad SMARTS) is 1. The van der Waals surface area contributed by atoms with E-state index < -0.39 is 11.4 Å². The zero-order valence-electron chi connectivity index (χ0n) is 9.95. The Morgan fingerprint density at radius 3 is 2.27 bits per heavy atom. The van der Waals surface area contributed by atoms with Crippen molar-refractivity contribution < 1.29 is 9.90 Å². The van der Waals surface area contributed by atoms with E-state index in [0.717, 1.165) is 0 Å². The SMILES string of the molecule is CC(C)C1=CCC(C(=O)O)(C(C)C)C=C1. The molecule has 0 saturated carbocycles. The first-order chi connectivity index (χ1) is 6.90. The Labute approximate surface area is 91.7 Å². The average Bonchev–Trinajstić information content (AvgIpc) is 2.17. The van der Waals surface area contributed by atoms with Crippen molar-refractivity contribution in [2.75, 3.05) is 0 Å². The number of carbonyl (C=O) groups is 1. The first-order valence-corrected chi connectivity index (χ1v) is 5.53. The van der Waals surface area contributed by atoms with Crippen LogP contribution in [0.3, 0.4) is 0 Å². The van der Waals surface area contributed by atoms with Gasteiger partial charge in [0.15, 0.2) is 0 Å². The lowest BCUT2D eigenvalue weighted by Gasteiger charge is -2.32. The van der Waals surface area contributed by atoms with Crippen molar-refractivity contribution in [3.8, 4) is 0 Å². The Balaban J connectivity index is 2.95. The fourth-order valence-electron chi connectivity index (χ4n) is 1.93. The van der Waals surface area contributed by atoms with E-state index in [4.69, 9.17) is 0 Å². The first-order valence-electron chi connectivity index (χ1n) is 5.53. The Hall–Kier alpha value is -1.05. The molecule has 0 saturated heterocycles. The van der Waals surface area contributed by atoms with Gasteiger partial charge in [0, 0.05) is 0 Å². The van der Waals surface area contributed by atoms with Gasteiger partial charge in [-0.05, 0) is 23.8 Å². The van der Waals surface area contributed by atoms with Crippen molar-refractivity contribution in [1.29, 1.82) is 0 Å². The van der Waals surface area contributed by atoms with Crippen molar-refractivity contribution in [3.05, 3.63) is 23.8 Å². The molecule has 0 heterocycles. The Kier molecular flexibility index (Phi) is 3.38. The maximum atomic E-state index is 11.3. The third kappa shape index (κ3) is 2.14. The van der Waals surface area contributed by atoms with E-state index >= 15 is 0 Å². The first kappa shape index (κ1) is 12.0. The molecule has 1 aliphatic carbocycles. The van der Waals surface area contributed by atoms with Crippen LogP contribution in [0.1, 0.15) is 34.1 Å². The predicted octanol–water partition coefficient (Wildman–Crippen LogP) is 3.26. The van der Waals surface area contributed by atoms with Crippen molar-refractivity contribution in [2.24, 2.45) is 17.3 Å². The van der Waals surface area contributed by atoms with Gasteiger partial charge in [0.2, 0.25) is 0 Å². The van der Waals surface area contributed by atoms with Gasteiger partial charge >= 0.3 is 5.97 Å². The molecule has 0 amide bonds. The Bertz CT molecular complexity index is 310. The third-order valence-electron chi connectivity index (χ3n) is 3.34. The van der Waals surface area contributed by atoms with Crippen molar-refractivity contribution in [2.45, 2.75) is 34.1 Å². The summed E-state index contributed by atoms with van der Waals surface area (Å²) in [7, 11) is 0. The maximum Gasteiger partial charge on any atom is 0.314 e. The van der Waals surface area contributed by atoms with Gasteiger partial charge in [0.25, 0.3) is 0 Å². The molecule has 1 N–H and O–H groups in total. The molecule has 1 aliphatic rings. The molecular formula is C13H20O2. The molecule has 0 aromatic rings. The molecule has 0 fully saturated rings. The van der Waals surface area contributed by atoms with Gasteiger partial charge < -0.3 is 5.11 Å². The number of rotatable bonds is 3. The molecule has 0 aliphatic heterocycles. The van der Waals surface area contributed by atoms with E-state index in [9.17, 15) is 9.90 Å². The molecule has 2 nitrogen and oxygen atoms in total. The summed E-state index contributed by atoms with van der Waals surface area (Å²) in [6.07, 6.45) is 6.53. The van der Waals surface area contributed by atoms with Crippen molar-refractivity contribution in [1.82, 2.24) is 0 Å². The molecule has 0 aromatic carbocycles. The molecule has 84 valence electrons. The molecule has 0 radical (unpaired) electrons. The number of carboxylic acids is 1. The topological polar surface area (TPSA) is 37.3 Å². The fraction of sp³-hybridized carbons (Fsp3) is 0.615. The summed E-state index contributed by atoms with van der Waals surface area (Å²) in [6, 6.07) is 0. The molecule has 0 aromatic heterocycles. The lowest BCUT2D eigenvalue weighted by molar-refractivity contribution is -0.148. The monoisotopic (exact) mass is 208 g/mol. The van der Waals surface area contributed by atoms with Gasteiger partial charge in [-0.2, -0.15) is 0 Å². The van der Waals surface area contributed by atoms with Crippen LogP contribution in [0.5, 0.6) is 0 Å². The van der Waals surface area contributed by atoms with Gasteiger partial charge in [-0.1, -0.05) is 45.9 Å². The van der Waals surface area contributed by atoms with Crippen molar-refractivity contribution in [3.63, 3.8) is 0 Å². The van der Waals surface area contributed by atoms with Crippen LogP contribution in [0, 0.1) is 17.3 Å². The largest absolute Gasteiger partial charge is 0.481 e. The number of allylic oxidation sites excluding steroid dienone is 3. The second-order valence-corrected chi connectivity index (χ2v) is 4.90. The maximum absolute atomic E-state index is 11.3. The van der Waals surface area contributed by atoms with Crippen LogP contribution >= 0.6 is 0 Å². The van der Waals surface area contributed by atoms with Crippen LogP contribution in [0.2, 0.25) is 0 Å². The van der Waals surface area contributed by atoms with Gasteiger partial charge in [0.1, 0.15) is 0 Å². The highest BCUT2D eigenvalue weighted by Gasteiger charge is 2.39. The summed E-state index contributed by atoms with van der Waals surface area (Å²) in [5, 5.41) is 9.30. The highest BCUT2D eigenvalue weighted by atomic mass is 16.4. The molecule has 1 unspecified atom stereocenters. The zero-order chi connectivity index (χ0) is 11.6. The van der Waals surface area contributed by atoms with Crippen LogP contribution in [-0.2, 0) is 4.79 Å². The molecule has 0 bridgehead atoms. The van der Waals surface area contributed by atoms with E-state index in [2.05, 4.69) is 19.9 Å². The van der Waals surface area contributed by atoms with Crippen LogP contribution in [-0.4, -0.2) is 11.1 Å². The summed E-state index contributed by atoms with van der Waals surface area (Å²) < 4.78 is 0. The molecule has 0 spiro atoms. The van der Waals surface area contributed by atoms with E-state index in [-0.39, 0.29) is 5.92 Å². The van der Waals surface area contributed by atoms with Gasteiger partial charge in [-0.25, -0.2) is 0 Å². The molecule has 1 rings (SSSR count). The van der Waals surface area contributed by atoms with E-state index in [1.807, 2.05) is 26.0 Å². The lowest BCUT2D eigenvalue weighted by Crippen LogP contribution is -2.35. The standard InChI is InChI=1S/C13H20O2/c1-9(2)11-5-7-13(8-6-11,10(3)4)12(14)15/h5-7,9-10H,8H2,1-4H3,(H,14,15). The van der Waals surface area contributed by atoms with E-state index in [1.54, 1.807) is 0 Å². The molecular weight excluding hydrogens is 188 g/mol. The van der Waals surface area contributed by atoms with E-state index in [1.165, 1.54) is 5.57 Å². The highest BCUT2D eigenvalue weighted by Crippen LogP contribution is 2.38. The van der Waals surface area contributed by atoms with Gasteiger partial charge in [-0.15, -0.1) is 0 Å². The number of aliphatic carboxylic acids is 1. The summed E-state index contributed by atoms with van der Waals surface area (Å²) in [5.74, 6) is -0.121. The van der Waals surface area contributed by atoms with Crippen LogP contribution in [0.25, 0.3) is 0 Å². The second kappa shape index (κ2) is 4.21. The fourth-order valence-corrected chi connectivity index (χ4v) is 1.93. The minimum absolute atomic E-state index is 0.121. The quantitative estimate of drug-likeness (QED) is 0.773. The Morgan fingerprint density at radius 1 is 1.40 bits per heavy atom. The lowest BCUT2D eigenvalue weighted by atomic mass is 9.71. The van der Waals surface area contributed by atoms with Gasteiger partial charge in [-0.3, -0.25) is 4.79 Å². The van der Waals surface area contributed by atoms with E-state index in [0.29, 0.717) is 12.3 Å². The summed E-state index contributed by atoms with van der Waals surface area (Å²) in [4.78, 5) is 11.3. The van der Waals surface area contributed by atoms with Crippen LogP contribution < -0.4 is 0 Å². The second-order valence-electron chi connectivity index (χ2n) is 4.90. The molecule has 1 atom stereocenters.